The molecule has 0 amide bonds. The minimum atomic E-state index is 0. The molecule has 0 aromatic carbocycles. The van der Waals surface area contributed by atoms with Gasteiger partial charge in [-0.05, 0) is 0 Å². The van der Waals surface area contributed by atoms with Crippen LogP contribution in [0.1, 0.15) is 39.5 Å². The molecule has 0 unspecified atom stereocenters. The maximum absolute atomic E-state index is 2.29. The van der Waals surface area contributed by atoms with Crippen LogP contribution in [0.15, 0.2) is 0 Å². The van der Waals surface area contributed by atoms with Crippen LogP contribution in [0.25, 0.3) is 0 Å². The average Bonchev–Trinajstić information content (AvgIpc) is 1.89. The third-order valence-electron chi connectivity index (χ3n) is 1.41. The maximum Gasteiger partial charge on any atom is -0.269 e. The summed E-state index contributed by atoms with van der Waals surface area (Å²) in [6.07, 6.45) is 5.84. The molecule has 0 atom stereocenters. The van der Waals surface area contributed by atoms with Crippen molar-refractivity contribution in [1.82, 2.24) is 0 Å². The van der Waals surface area contributed by atoms with E-state index in [1.165, 1.54) is 25.7 Å². The van der Waals surface area contributed by atoms with Gasteiger partial charge >= 0.3 is 69.5 Å². The zero-order valence-corrected chi connectivity index (χ0v) is 11.2. The number of hydrogen-bond donors (Lipinski definition) is 0. The summed E-state index contributed by atoms with van der Waals surface area (Å²) >= 11 is 0.149. The Hall–Kier alpha value is 0.519. The monoisotopic (exact) mass is 312 g/mol. The van der Waals surface area contributed by atoms with Crippen LogP contribution >= 0.6 is 0 Å². The smallest absolute Gasteiger partial charge is 0.269 e. The number of halogens is 4. The third-order valence-corrected chi connectivity index (χ3v) is 5.45. The predicted octanol–water partition coefficient (Wildman–Crippen LogP) is -2.56. The van der Waals surface area contributed by atoms with Crippen LogP contribution in [-0.4, -0.2) is 21.1 Å². The molecule has 0 aliphatic heterocycles. The van der Waals surface area contributed by atoms with Gasteiger partial charge < -0.3 is 9.41 Å². The van der Waals surface area contributed by atoms with Crippen molar-refractivity contribution in [3.63, 3.8) is 0 Å². The van der Waals surface area contributed by atoms with Crippen molar-refractivity contribution in [2.75, 3.05) is 0 Å². The van der Waals surface area contributed by atoms with E-state index in [0.717, 1.165) is 0 Å². The molecule has 5 heteroatoms. The van der Waals surface area contributed by atoms with E-state index in [9.17, 15) is 0 Å². The van der Waals surface area contributed by atoms with Crippen LogP contribution in [0.5, 0.6) is 0 Å². The molecule has 0 aromatic heterocycles. The normalized spacial score (nSPS) is 6.31. The molecule has 0 spiro atoms. The minimum absolute atomic E-state index is 0. The number of rotatable bonds is 6. The van der Waals surface area contributed by atoms with Gasteiger partial charge in [-0.2, -0.15) is 0 Å². The van der Waals surface area contributed by atoms with Crippen LogP contribution in [0.2, 0.25) is 8.87 Å². The summed E-state index contributed by atoms with van der Waals surface area (Å²) in [5.41, 5.74) is 0. The Bertz CT molecular complexity index is 49.4. The van der Waals surface area contributed by atoms with E-state index in [2.05, 4.69) is 13.8 Å². The Balaban J connectivity index is -0.0000000533. The van der Waals surface area contributed by atoms with Crippen molar-refractivity contribution in [1.29, 1.82) is 0 Å². The molecule has 84 valence electrons. The molecule has 0 aromatic rings. The van der Waals surface area contributed by atoms with Crippen LogP contribution in [0.4, 0.5) is 9.41 Å². The molecule has 0 fully saturated rings. The van der Waals surface area contributed by atoms with Crippen molar-refractivity contribution in [2.45, 2.75) is 48.4 Å². The minimum Gasteiger partial charge on any atom is -1.00 e. The summed E-state index contributed by atoms with van der Waals surface area (Å²) in [6, 6.07) is 0. The zero-order valence-electron chi connectivity index (χ0n) is 8.32. The average molecular weight is 311 g/mol. The van der Waals surface area contributed by atoms with E-state index in [-0.39, 0.29) is 40.0 Å². The molecule has 0 saturated heterocycles. The Morgan fingerprint density at radius 1 is 0.769 bits per heavy atom. The van der Waals surface area contributed by atoms with Gasteiger partial charge in [0.2, 0.25) is 0 Å². The van der Waals surface area contributed by atoms with Crippen molar-refractivity contribution in [3.8, 4) is 0 Å². The summed E-state index contributed by atoms with van der Waals surface area (Å²) in [4.78, 5) is 0. The van der Waals surface area contributed by atoms with Crippen molar-refractivity contribution in [2.24, 2.45) is 0 Å². The van der Waals surface area contributed by atoms with Crippen LogP contribution in [0.3, 0.4) is 0 Å². The van der Waals surface area contributed by atoms with Crippen LogP contribution in [-0.2, 0) is 0 Å². The fraction of sp³-hybridized carbons (Fsp3) is 1.00. The predicted molar refractivity (Wildman–Crippen MR) is 50.2 cm³/mol. The van der Waals surface area contributed by atoms with E-state index in [1.807, 2.05) is 0 Å². The van der Waals surface area contributed by atoms with Gasteiger partial charge in [0.25, 0.3) is 0 Å². The Labute approximate surface area is 88.6 Å². The number of hydrogen-bond acceptors (Lipinski definition) is 0. The van der Waals surface area contributed by atoms with Gasteiger partial charge in [-0.1, -0.05) is 0 Å². The molecular weight excluding hydrogens is 291 g/mol. The fourth-order valence-electron chi connectivity index (χ4n) is 0.729. The van der Waals surface area contributed by atoms with E-state index in [0.29, 0.717) is 0 Å². The Morgan fingerprint density at radius 3 is 1.31 bits per heavy atom. The quantitative estimate of drug-likeness (QED) is 0.288. The summed E-state index contributed by atoms with van der Waals surface area (Å²) in [6.45, 7) is 4.58. The van der Waals surface area contributed by atoms with E-state index in [1.54, 1.807) is 8.87 Å². The second-order valence-electron chi connectivity index (χ2n) is 2.46. The summed E-state index contributed by atoms with van der Waals surface area (Å²) < 4.78 is 3.25. The summed E-state index contributed by atoms with van der Waals surface area (Å²) in [5.74, 6) is 0. The first kappa shape index (κ1) is 29.2. The first-order valence-electron chi connectivity index (χ1n) is 4.12. The van der Waals surface area contributed by atoms with Gasteiger partial charge in [-0.15, -0.1) is 0 Å². The molecule has 0 bridgehead atoms. The SMILES string of the molecule is CCC[CH2][Sn+2][CH2]CCC.F.F.[F-].[F-]. The first-order valence-corrected chi connectivity index (χ1v) is 8.16. The third kappa shape index (κ3) is 32.6. The van der Waals surface area contributed by atoms with Gasteiger partial charge in [0.05, 0.1) is 0 Å². The van der Waals surface area contributed by atoms with Crippen molar-refractivity contribution >= 4 is 21.1 Å². The van der Waals surface area contributed by atoms with Crippen molar-refractivity contribution < 1.29 is 18.8 Å². The molecule has 0 nitrogen and oxygen atoms in total. The Morgan fingerprint density at radius 2 is 1.08 bits per heavy atom. The van der Waals surface area contributed by atoms with Gasteiger partial charge in [-0.3, -0.25) is 9.41 Å². The Kier molecular flexibility index (Phi) is 66.0. The van der Waals surface area contributed by atoms with Gasteiger partial charge in [0.15, 0.2) is 0 Å². The molecule has 0 aliphatic rings. The molecule has 0 saturated carbocycles. The maximum atomic E-state index is 2.29. The van der Waals surface area contributed by atoms with Crippen molar-refractivity contribution in [3.05, 3.63) is 0 Å². The van der Waals surface area contributed by atoms with Gasteiger partial charge in [0.1, 0.15) is 0 Å². The van der Waals surface area contributed by atoms with Crippen LogP contribution in [0, 0.1) is 0 Å². The van der Waals surface area contributed by atoms with Crippen LogP contribution < -0.4 is 9.41 Å². The summed E-state index contributed by atoms with van der Waals surface area (Å²) in [7, 11) is 0. The van der Waals surface area contributed by atoms with E-state index < -0.39 is 0 Å². The zero-order chi connectivity index (χ0) is 6.95. The van der Waals surface area contributed by atoms with Gasteiger partial charge in [-0.25, -0.2) is 0 Å². The molecule has 0 heterocycles. The summed E-state index contributed by atoms with van der Waals surface area (Å²) in [5, 5.41) is 0. The molecular formula is C8H20F4Sn. The molecule has 0 N–H and O–H groups in total. The number of unbranched alkanes of at least 4 members (excludes halogenated alkanes) is 2. The topological polar surface area (TPSA) is 0 Å². The standard InChI is InChI=1S/2C4H9.4FH.Sn/c2*1-3-4-2;;;;;/h2*1,3-4H2,2H3;4*1H;/q;;;;;;+2/p-2. The first-order chi connectivity index (χ1) is 4.41. The molecule has 13 heavy (non-hydrogen) atoms. The fourth-order valence-corrected chi connectivity index (χ4v) is 4.89. The largest absolute Gasteiger partial charge is 1.00 e. The second kappa shape index (κ2) is 29.4. The van der Waals surface area contributed by atoms with E-state index >= 15 is 0 Å². The van der Waals surface area contributed by atoms with Gasteiger partial charge in [0, 0.05) is 0 Å². The van der Waals surface area contributed by atoms with E-state index in [4.69, 9.17) is 0 Å². The molecule has 0 aliphatic carbocycles. The molecule has 0 rings (SSSR count). The molecule has 0 radical (unpaired) electrons. The second-order valence-corrected chi connectivity index (χ2v) is 6.74.